The maximum absolute atomic E-state index is 13.1. The normalized spacial score (nSPS) is 12.0. The zero-order valence-corrected chi connectivity index (χ0v) is 15.8. The van der Waals surface area contributed by atoms with Crippen LogP contribution in [0.5, 0.6) is 0 Å². The van der Waals surface area contributed by atoms with Crippen molar-refractivity contribution in [3.05, 3.63) is 30.1 Å². The molecule has 3 N–H and O–H groups in total. The number of amides is 1. The van der Waals surface area contributed by atoms with Gasteiger partial charge in [-0.05, 0) is 45.9 Å². The number of carbonyl (C=O) groups excluding carboxylic acids is 1. The molecule has 0 aromatic heterocycles. The van der Waals surface area contributed by atoms with Gasteiger partial charge >= 0.3 is 0 Å². The minimum absolute atomic E-state index is 0.0499. The van der Waals surface area contributed by atoms with Gasteiger partial charge in [-0.2, -0.15) is 0 Å². The van der Waals surface area contributed by atoms with Gasteiger partial charge in [-0.25, -0.2) is 4.39 Å². The summed E-state index contributed by atoms with van der Waals surface area (Å²) in [4.78, 5) is 18.4. The van der Waals surface area contributed by atoms with Crippen LogP contribution in [-0.2, 0) is 4.79 Å². The smallest absolute Gasteiger partial charge is 0.243 e. The molecule has 0 unspecified atom stereocenters. The maximum Gasteiger partial charge on any atom is 0.243 e. The summed E-state index contributed by atoms with van der Waals surface area (Å²) >= 11 is 0. The summed E-state index contributed by atoms with van der Waals surface area (Å²) in [5, 5.41) is 8.78. The molecule has 0 aliphatic rings. The minimum atomic E-state index is -0.386. The highest BCUT2D eigenvalue weighted by atomic mass is 19.1. The first-order chi connectivity index (χ1) is 11.8. The maximum atomic E-state index is 13.1. The Balaban J connectivity index is 2.37. The van der Waals surface area contributed by atoms with Gasteiger partial charge < -0.3 is 16.0 Å². The van der Waals surface area contributed by atoms with E-state index in [0.717, 1.165) is 13.1 Å². The third-order valence-corrected chi connectivity index (χ3v) is 3.74. The summed E-state index contributed by atoms with van der Waals surface area (Å²) in [7, 11) is 1.66. The molecule has 0 bridgehead atoms. The third-order valence-electron chi connectivity index (χ3n) is 3.74. The summed E-state index contributed by atoms with van der Waals surface area (Å²) < 4.78 is 13.1. The van der Waals surface area contributed by atoms with Crippen molar-refractivity contribution < 1.29 is 9.18 Å². The molecule has 1 amide bonds. The van der Waals surface area contributed by atoms with Gasteiger partial charge in [0.15, 0.2) is 5.96 Å². The molecule has 6 nitrogen and oxygen atoms in total. The summed E-state index contributed by atoms with van der Waals surface area (Å²) in [5.41, 5.74) is 0.430. The predicted molar refractivity (Wildman–Crippen MR) is 101 cm³/mol. The lowest BCUT2D eigenvalue weighted by atomic mass is 10.2. The van der Waals surface area contributed by atoms with E-state index < -0.39 is 0 Å². The van der Waals surface area contributed by atoms with Crippen molar-refractivity contribution in [1.82, 2.24) is 15.5 Å². The SMILES string of the molecule is CN=C(NCCN(C(C)C)C(C)C)NCC(=O)Nc1cccc(F)c1. The molecule has 0 aliphatic heterocycles. The van der Waals surface area contributed by atoms with E-state index in [0.29, 0.717) is 23.7 Å². The average molecular weight is 351 g/mol. The largest absolute Gasteiger partial charge is 0.355 e. The van der Waals surface area contributed by atoms with Crippen molar-refractivity contribution >= 4 is 17.6 Å². The molecule has 1 rings (SSSR count). The molecule has 0 heterocycles. The van der Waals surface area contributed by atoms with Crippen LogP contribution in [0.25, 0.3) is 0 Å². The lowest BCUT2D eigenvalue weighted by molar-refractivity contribution is -0.115. The quantitative estimate of drug-likeness (QED) is 0.495. The number of nitrogens with one attached hydrogen (secondary N) is 3. The van der Waals surface area contributed by atoms with Crippen molar-refractivity contribution in [2.24, 2.45) is 4.99 Å². The number of hydrogen-bond acceptors (Lipinski definition) is 3. The van der Waals surface area contributed by atoms with Crippen molar-refractivity contribution in [3.8, 4) is 0 Å². The molecule has 0 fully saturated rings. The Morgan fingerprint density at radius 2 is 1.88 bits per heavy atom. The molecule has 0 saturated carbocycles. The molecule has 0 spiro atoms. The van der Waals surface area contributed by atoms with E-state index in [4.69, 9.17) is 0 Å². The summed E-state index contributed by atoms with van der Waals surface area (Å²) in [6.07, 6.45) is 0. The molecule has 7 heteroatoms. The number of nitrogens with zero attached hydrogens (tertiary/aromatic N) is 2. The molecular formula is C18H30FN5O. The van der Waals surface area contributed by atoms with E-state index in [9.17, 15) is 9.18 Å². The van der Waals surface area contributed by atoms with Gasteiger partial charge in [0.25, 0.3) is 0 Å². The number of guanidine groups is 1. The van der Waals surface area contributed by atoms with Crippen LogP contribution in [0.4, 0.5) is 10.1 Å². The average Bonchev–Trinajstić information content (AvgIpc) is 2.53. The van der Waals surface area contributed by atoms with Crippen LogP contribution in [0.3, 0.4) is 0 Å². The van der Waals surface area contributed by atoms with E-state index in [-0.39, 0.29) is 18.3 Å². The third kappa shape index (κ3) is 7.98. The van der Waals surface area contributed by atoms with Crippen LogP contribution in [-0.4, -0.2) is 55.5 Å². The second-order valence-corrected chi connectivity index (χ2v) is 6.34. The predicted octanol–water partition coefficient (Wildman–Crippen LogP) is 2.05. The molecule has 0 saturated heterocycles. The molecule has 0 atom stereocenters. The second kappa shape index (κ2) is 10.7. The van der Waals surface area contributed by atoms with Crippen LogP contribution in [0.2, 0.25) is 0 Å². The molecule has 1 aromatic carbocycles. The Labute approximate surface area is 149 Å². The molecule has 0 aliphatic carbocycles. The monoisotopic (exact) mass is 351 g/mol. The van der Waals surface area contributed by atoms with Gasteiger partial charge in [0, 0.05) is 37.9 Å². The van der Waals surface area contributed by atoms with Crippen LogP contribution in [0.1, 0.15) is 27.7 Å². The molecule has 0 radical (unpaired) electrons. The number of halogens is 1. The van der Waals surface area contributed by atoms with E-state index in [1.165, 1.54) is 12.1 Å². The molecule has 140 valence electrons. The highest BCUT2D eigenvalue weighted by Crippen LogP contribution is 2.08. The van der Waals surface area contributed by atoms with Crippen molar-refractivity contribution in [2.75, 3.05) is 32.0 Å². The van der Waals surface area contributed by atoms with Crippen molar-refractivity contribution in [3.63, 3.8) is 0 Å². The zero-order chi connectivity index (χ0) is 18.8. The highest BCUT2D eigenvalue weighted by Gasteiger charge is 2.12. The van der Waals surface area contributed by atoms with Gasteiger partial charge in [-0.15, -0.1) is 0 Å². The summed E-state index contributed by atoms with van der Waals surface area (Å²) in [5.74, 6) is -0.0931. The van der Waals surface area contributed by atoms with Gasteiger partial charge in [-0.1, -0.05) is 6.07 Å². The van der Waals surface area contributed by atoms with Gasteiger partial charge in [0.2, 0.25) is 5.91 Å². The first-order valence-corrected chi connectivity index (χ1v) is 8.59. The van der Waals surface area contributed by atoms with E-state index in [1.807, 2.05) is 0 Å². The first-order valence-electron chi connectivity index (χ1n) is 8.59. The Morgan fingerprint density at radius 1 is 1.20 bits per heavy atom. The van der Waals surface area contributed by atoms with Crippen LogP contribution in [0, 0.1) is 5.82 Å². The van der Waals surface area contributed by atoms with Gasteiger partial charge in [0.05, 0.1) is 6.54 Å². The zero-order valence-electron chi connectivity index (χ0n) is 15.8. The lowest BCUT2D eigenvalue weighted by Gasteiger charge is -2.30. The van der Waals surface area contributed by atoms with Gasteiger partial charge in [0.1, 0.15) is 5.82 Å². The van der Waals surface area contributed by atoms with Crippen molar-refractivity contribution in [1.29, 1.82) is 0 Å². The molecular weight excluding hydrogens is 321 g/mol. The number of rotatable bonds is 8. The fourth-order valence-corrected chi connectivity index (χ4v) is 2.57. The minimum Gasteiger partial charge on any atom is -0.355 e. The topological polar surface area (TPSA) is 68.8 Å². The molecule has 25 heavy (non-hydrogen) atoms. The summed E-state index contributed by atoms with van der Waals surface area (Å²) in [6, 6.07) is 6.73. The Hall–Kier alpha value is -2.15. The van der Waals surface area contributed by atoms with Crippen LogP contribution in [0.15, 0.2) is 29.3 Å². The Kier molecular flexibility index (Phi) is 8.91. The van der Waals surface area contributed by atoms with E-state index in [2.05, 4.69) is 53.5 Å². The fraction of sp³-hybridized carbons (Fsp3) is 0.556. The van der Waals surface area contributed by atoms with Crippen LogP contribution < -0.4 is 16.0 Å². The lowest BCUT2D eigenvalue weighted by Crippen LogP contribution is -2.46. The van der Waals surface area contributed by atoms with Crippen molar-refractivity contribution in [2.45, 2.75) is 39.8 Å². The Bertz CT molecular complexity index is 566. The number of benzene rings is 1. The highest BCUT2D eigenvalue weighted by molar-refractivity contribution is 5.94. The second-order valence-electron chi connectivity index (χ2n) is 6.34. The number of anilines is 1. The van der Waals surface area contributed by atoms with E-state index in [1.54, 1.807) is 19.2 Å². The standard InChI is InChI=1S/C18H30FN5O/c1-13(2)24(14(3)4)10-9-21-18(20-5)22-12-17(25)23-16-8-6-7-15(19)11-16/h6-8,11,13-14H,9-10,12H2,1-5H3,(H,23,25)(H2,20,21,22). The fourth-order valence-electron chi connectivity index (χ4n) is 2.57. The molecule has 1 aromatic rings. The number of aliphatic imine (C=N–C) groups is 1. The summed E-state index contributed by atoms with van der Waals surface area (Å²) in [6.45, 7) is 10.3. The number of hydrogen-bond donors (Lipinski definition) is 3. The van der Waals surface area contributed by atoms with Crippen LogP contribution >= 0.6 is 0 Å². The Morgan fingerprint density at radius 3 is 2.44 bits per heavy atom. The number of carbonyl (C=O) groups is 1. The van der Waals surface area contributed by atoms with E-state index >= 15 is 0 Å². The van der Waals surface area contributed by atoms with Gasteiger partial charge in [-0.3, -0.25) is 14.7 Å². The first kappa shape index (κ1) is 20.9.